The Morgan fingerprint density at radius 2 is 1.96 bits per heavy atom. The van der Waals surface area contributed by atoms with Crippen molar-refractivity contribution in [1.29, 1.82) is 0 Å². The maximum atomic E-state index is 12.9. The highest BCUT2D eigenvalue weighted by molar-refractivity contribution is 5.97. The summed E-state index contributed by atoms with van der Waals surface area (Å²) < 4.78 is 48.8. The molecule has 0 aliphatic carbocycles. The van der Waals surface area contributed by atoms with Gasteiger partial charge in [-0.3, -0.25) is 9.69 Å². The van der Waals surface area contributed by atoms with Gasteiger partial charge in [-0.25, -0.2) is 0 Å². The van der Waals surface area contributed by atoms with E-state index in [1.807, 2.05) is 0 Å². The van der Waals surface area contributed by atoms with Crippen LogP contribution in [0.2, 0.25) is 0 Å². The molecule has 1 saturated heterocycles. The van der Waals surface area contributed by atoms with Crippen LogP contribution in [0.1, 0.15) is 23.2 Å². The van der Waals surface area contributed by atoms with Gasteiger partial charge in [-0.05, 0) is 32.0 Å². The first-order valence-corrected chi connectivity index (χ1v) is 7.56. The molecule has 0 bridgehead atoms. The number of likely N-dealkylation sites (tertiary alicyclic amines) is 1. The molecule has 1 heterocycles. The van der Waals surface area contributed by atoms with Gasteiger partial charge in [-0.15, -0.1) is 0 Å². The van der Waals surface area contributed by atoms with Gasteiger partial charge in [-0.2, -0.15) is 13.2 Å². The summed E-state index contributed by atoms with van der Waals surface area (Å²) in [5.41, 5.74) is 0.318. The van der Waals surface area contributed by atoms with Gasteiger partial charge in [0, 0.05) is 18.7 Å². The van der Waals surface area contributed by atoms with Crippen molar-refractivity contribution in [3.05, 3.63) is 23.8 Å². The van der Waals surface area contributed by atoms with Gasteiger partial charge in [-0.1, -0.05) is 0 Å². The van der Waals surface area contributed by atoms with Crippen LogP contribution in [-0.4, -0.2) is 56.9 Å². The largest absolute Gasteiger partial charge is 0.497 e. The van der Waals surface area contributed by atoms with Crippen molar-refractivity contribution in [3.63, 3.8) is 0 Å². The summed E-state index contributed by atoms with van der Waals surface area (Å²) in [4.78, 5) is 13.6. The van der Waals surface area contributed by atoms with E-state index >= 15 is 0 Å². The summed E-state index contributed by atoms with van der Waals surface area (Å²) in [5.74, 6) is 0.524. The lowest BCUT2D eigenvalue weighted by molar-refractivity contribution is -0.188. The third-order valence-corrected chi connectivity index (χ3v) is 4.20. The van der Waals surface area contributed by atoms with Crippen molar-refractivity contribution in [1.82, 2.24) is 10.2 Å². The number of piperidine rings is 1. The van der Waals surface area contributed by atoms with Crippen LogP contribution in [-0.2, 0) is 0 Å². The lowest BCUT2D eigenvalue weighted by atomic mass is 9.98. The van der Waals surface area contributed by atoms with Crippen LogP contribution in [0.5, 0.6) is 11.5 Å². The second-order valence-corrected chi connectivity index (χ2v) is 5.81. The molecule has 1 N–H and O–H groups in total. The third-order valence-electron chi connectivity index (χ3n) is 4.20. The Hall–Kier alpha value is -1.96. The minimum Gasteiger partial charge on any atom is -0.497 e. The number of hydrogen-bond donors (Lipinski definition) is 1. The summed E-state index contributed by atoms with van der Waals surface area (Å²) >= 11 is 0. The summed E-state index contributed by atoms with van der Waals surface area (Å²) in [6.45, 7) is 0.147. The van der Waals surface area contributed by atoms with Crippen LogP contribution in [0.4, 0.5) is 13.2 Å². The molecule has 0 unspecified atom stereocenters. The molecular formula is C16H21F3N2O3. The minimum absolute atomic E-state index is 0.0370. The van der Waals surface area contributed by atoms with Crippen LogP contribution in [0.15, 0.2) is 18.2 Å². The van der Waals surface area contributed by atoms with E-state index in [1.165, 1.54) is 26.2 Å². The highest BCUT2D eigenvalue weighted by Gasteiger charge is 2.44. The summed E-state index contributed by atoms with van der Waals surface area (Å²) in [5, 5.41) is 2.78. The zero-order valence-corrected chi connectivity index (χ0v) is 13.8. The standard InChI is InChI=1S/C16H21F3N2O3/c1-21-9-10(4-7-14(21)16(17,18)19)20-15(22)12-6-5-11(23-2)8-13(12)24-3/h5-6,8,10,14H,4,7,9H2,1-3H3,(H,20,22)/t10-,14+/m1/s1. The van der Waals surface area contributed by atoms with Gasteiger partial charge < -0.3 is 14.8 Å². The van der Waals surface area contributed by atoms with Crippen molar-refractivity contribution in [2.24, 2.45) is 0 Å². The van der Waals surface area contributed by atoms with E-state index in [-0.39, 0.29) is 31.3 Å². The van der Waals surface area contributed by atoms with Crippen LogP contribution in [0.25, 0.3) is 0 Å². The third kappa shape index (κ3) is 4.11. The lowest BCUT2D eigenvalue weighted by Gasteiger charge is -2.38. The molecule has 0 spiro atoms. The molecule has 2 rings (SSSR count). The van der Waals surface area contributed by atoms with Gasteiger partial charge in [0.2, 0.25) is 0 Å². The number of hydrogen-bond acceptors (Lipinski definition) is 4. The van der Waals surface area contributed by atoms with E-state index in [9.17, 15) is 18.0 Å². The highest BCUT2D eigenvalue weighted by atomic mass is 19.4. The number of alkyl halides is 3. The SMILES string of the molecule is COc1ccc(C(=O)N[C@@H]2CC[C@@H](C(F)(F)F)N(C)C2)c(OC)c1. The number of methoxy groups -OCH3 is 2. The number of halogens is 3. The Kier molecular flexibility index (Phi) is 5.58. The van der Waals surface area contributed by atoms with Crippen LogP contribution in [0.3, 0.4) is 0 Å². The zero-order valence-electron chi connectivity index (χ0n) is 13.8. The molecule has 1 aliphatic heterocycles. The molecular weight excluding hydrogens is 325 g/mol. The fourth-order valence-electron chi connectivity index (χ4n) is 2.93. The molecule has 8 heteroatoms. The number of benzene rings is 1. The van der Waals surface area contributed by atoms with E-state index in [0.717, 1.165) is 0 Å². The number of nitrogens with one attached hydrogen (secondary N) is 1. The number of amides is 1. The van der Waals surface area contributed by atoms with Crippen LogP contribution >= 0.6 is 0 Å². The van der Waals surface area contributed by atoms with Crippen molar-refractivity contribution in [2.75, 3.05) is 27.8 Å². The fourth-order valence-corrected chi connectivity index (χ4v) is 2.93. The van der Waals surface area contributed by atoms with Crippen molar-refractivity contribution < 1.29 is 27.4 Å². The molecule has 0 saturated carbocycles. The molecule has 134 valence electrons. The van der Waals surface area contributed by atoms with Crippen molar-refractivity contribution in [3.8, 4) is 11.5 Å². The maximum Gasteiger partial charge on any atom is 0.404 e. The lowest BCUT2D eigenvalue weighted by Crippen LogP contribution is -2.54. The molecule has 1 amide bonds. The average Bonchev–Trinajstić information content (AvgIpc) is 2.52. The van der Waals surface area contributed by atoms with Gasteiger partial charge in [0.25, 0.3) is 5.91 Å². The fraction of sp³-hybridized carbons (Fsp3) is 0.562. The number of carbonyl (C=O) groups excluding carboxylic acids is 1. The Morgan fingerprint density at radius 1 is 1.25 bits per heavy atom. The normalized spacial score (nSPS) is 22.1. The molecule has 5 nitrogen and oxygen atoms in total. The molecule has 0 radical (unpaired) electrons. The van der Waals surface area contributed by atoms with E-state index in [4.69, 9.17) is 9.47 Å². The second kappa shape index (κ2) is 7.29. The van der Waals surface area contributed by atoms with Gasteiger partial charge >= 0.3 is 6.18 Å². The molecule has 1 fully saturated rings. The first kappa shape index (κ1) is 18.4. The average molecular weight is 346 g/mol. The number of carbonyl (C=O) groups is 1. The van der Waals surface area contributed by atoms with E-state index in [1.54, 1.807) is 18.2 Å². The predicted octanol–water partition coefficient (Wildman–Crippen LogP) is 2.46. The Labute approximate surface area is 138 Å². The maximum absolute atomic E-state index is 12.9. The smallest absolute Gasteiger partial charge is 0.404 e. The summed E-state index contributed by atoms with van der Waals surface area (Å²) in [6.07, 6.45) is -4.01. The molecule has 1 aromatic rings. The Morgan fingerprint density at radius 3 is 2.50 bits per heavy atom. The van der Waals surface area contributed by atoms with Gasteiger partial charge in [0.15, 0.2) is 0 Å². The number of rotatable bonds is 4. The number of likely N-dealkylation sites (N-methyl/N-ethyl adjacent to an activating group) is 1. The predicted molar refractivity (Wildman–Crippen MR) is 82.5 cm³/mol. The summed E-state index contributed by atoms with van der Waals surface area (Å²) in [7, 11) is 4.36. The zero-order chi connectivity index (χ0) is 17.9. The molecule has 2 atom stereocenters. The second-order valence-electron chi connectivity index (χ2n) is 5.81. The first-order valence-electron chi connectivity index (χ1n) is 7.56. The van der Waals surface area contributed by atoms with E-state index < -0.39 is 12.2 Å². The quantitative estimate of drug-likeness (QED) is 0.910. The Balaban J connectivity index is 2.03. The number of nitrogens with zero attached hydrogens (tertiary/aromatic N) is 1. The van der Waals surface area contributed by atoms with E-state index in [2.05, 4.69) is 5.32 Å². The van der Waals surface area contributed by atoms with E-state index in [0.29, 0.717) is 17.1 Å². The topological polar surface area (TPSA) is 50.8 Å². The van der Waals surface area contributed by atoms with Gasteiger partial charge in [0.1, 0.15) is 17.5 Å². The molecule has 24 heavy (non-hydrogen) atoms. The minimum atomic E-state index is -4.25. The first-order chi connectivity index (χ1) is 11.3. The van der Waals surface area contributed by atoms with Crippen LogP contribution in [0, 0.1) is 0 Å². The summed E-state index contributed by atoms with van der Waals surface area (Å²) in [6, 6.07) is 2.98. The molecule has 0 aromatic heterocycles. The number of ether oxygens (including phenoxy) is 2. The molecule has 1 aromatic carbocycles. The molecule has 1 aliphatic rings. The highest BCUT2D eigenvalue weighted by Crippen LogP contribution is 2.31. The van der Waals surface area contributed by atoms with Crippen LogP contribution < -0.4 is 14.8 Å². The van der Waals surface area contributed by atoms with Crippen molar-refractivity contribution >= 4 is 5.91 Å². The van der Waals surface area contributed by atoms with Crippen molar-refractivity contribution in [2.45, 2.75) is 31.1 Å². The monoisotopic (exact) mass is 346 g/mol. The Bertz CT molecular complexity index is 592. The van der Waals surface area contributed by atoms with Gasteiger partial charge in [0.05, 0.1) is 19.8 Å².